The van der Waals surface area contributed by atoms with Crippen LogP contribution in [0.2, 0.25) is 0 Å². The van der Waals surface area contributed by atoms with E-state index in [1.54, 1.807) is 12.4 Å². The molecule has 23 heavy (non-hydrogen) atoms. The quantitative estimate of drug-likeness (QED) is 0.532. The number of aromatic nitrogens is 6. The van der Waals surface area contributed by atoms with Crippen LogP contribution in [0.25, 0.3) is 22.4 Å². The van der Waals surface area contributed by atoms with Gasteiger partial charge in [-0.15, -0.1) is 0 Å². The molecule has 0 aliphatic rings. The van der Waals surface area contributed by atoms with Crippen molar-refractivity contribution in [1.82, 2.24) is 30.1 Å². The van der Waals surface area contributed by atoms with Crippen LogP contribution in [-0.2, 0) is 0 Å². The third-order valence-electron chi connectivity index (χ3n) is 3.32. The van der Waals surface area contributed by atoms with Gasteiger partial charge < -0.3 is 10.3 Å². The van der Waals surface area contributed by atoms with Crippen LogP contribution in [0, 0.1) is 0 Å². The highest BCUT2D eigenvalue weighted by molar-refractivity contribution is 5.84. The van der Waals surface area contributed by atoms with E-state index in [9.17, 15) is 4.79 Å². The van der Waals surface area contributed by atoms with Gasteiger partial charge in [-0.1, -0.05) is 12.1 Å². The summed E-state index contributed by atoms with van der Waals surface area (Å²) in [4.78, 5) is 26.5. The molecule has 4 rings (SSSR count). The Morgan fingerprint density at radius 2 is 2.00 bits per heavy atom. The van der Waals surface area contributed by atoms with Gasteiger partial charge in [0.2, 0.25) is 0 Å². The Bertz CT molecular complexity index is 1020. The maximum absolute atomic E-state index is 11.1. The van der Waals surface area contributed by atoms with Crippen molar-refractivity contribution in [2.24, 2.45) is 0 Å². The molecule has 0 spiro atoms. The van der Waals surface area contributed by atoms with E-state index in [1.807, 2.05) is 24.3 Å². The zero-order valence-corrected chi connectivity index (χ0v) is 11.8. The van der Waals surface area contributed by atoms with Gasteiger partial charge in [-0.3, -0.25) is 4.79 Å². The lowest BCUT2D eigenvalue weighted by Crippen LogP contribution is -2.05. The molecule has 0 amide bonds. The van der Waals surface area contributed by atoms with Crippen molar-refractivity contribution in [1.29, 1.82) is 0 Å². The van der Waals surface area contributed by atoms with E-state index in [1.165, 1.54) is 12.4 Å². The van der Waals surface area contributed by atoms with E-state index in [2.05, 4.69) is 35.5 Å². The number of rotatable bonds is 3. The number of imidazole rings is 1. The Hall–Kier alpha value is -3.55. The topological polar surface area (TPSA) is 112 Å². The number of nitrogens with one attached hydrogen (secondary N) is 3. The van der Waals surface area contributed by atoms with Gasteiger partial charge in [-0.2, -0.15) is 5.10 Å². The molecule has 0 atom stereocenters. The summed E-state index contributed by atoms with van der Waals surface area (Å²) in [5.74, 6) is 0.638. The lowest BCUT2D eigenvalue weighted by atomic mass is 10.1. The summed E-state index contributed by atoms with van der Waals surface area (Å²) < 4.78 is 0. The summed E-state index contributed by atoms with van der Waals surface area (Å²) in [6.07, 6.45) is 3.03. The predicted molar refractivity (Wildman–Crippen MR) is 85.3 cm³/mol. The molecule has 0 fully saturated rings. The molecule has 3 aromatic heterocycles. The molecular weight excluding hydrogens is 294 g/mol. The minimum atomic E-state index is -0.231. The van der Waals surface area contributed by atoms with E-state index in [4.69, 9.17) is 0 Å². The molecule has 0 aliphatic carbocycles. The monoisotopic (exact) mass is 305 g/mol. The normalized spacial score (nSPS) is 10.8. The molecule has 0 unspecified atom stereocenters. The fourth-order valence-corrected chi connectivity index (χ4v) is 2.26. The van der Waals surface area contributed by atoms with Gasteiger partial charge in [0.1, 0.15) is 11.8 Å². The average molecular weight is 305 g/mol. The highest BCUT2D eigenvalue weighted by Crippen LogP contribution is 2.24. The molecular formula is C15H11N7O. The zero-order chi connectivity index (χ0) is 15.6. The van der Waals surface area contributed by atoms with Crippen molar-refractivity contribution in [3.8, 4) is 11.3 Å². The maximum atomic E-state index is 11.1. The lowest BCUT2D eigenvalue weighted by molar-refractivity contribution is 0.995. The van der Waals surface area contributed by atoms with Gasteiger partial charge in [0.05, 0.1) is 12.0 Å². The van der Waals surface area contributed by atoms with Crippen LogP contribution in [0.5, 0.6) is 0 Å². The molecule has 0 saturated carbocycles. The Kier molecular flexibility index (Phi) is 3.05. The van der Waals surface area contributed by atoms with Gasteiger partial charge in [-0.25, -0.2) is 20.1 Å². The number of hydrogen-bond acceptors (Lipinski definition) is 6. The smallest absolute Gasteiger partial charge is 0.264 e. The van der Waals surface area contributed by atoms with Crippen LogP contribution < -0.4 is 10.9 Å². The van der Waals surface area contributed by atoms with E-state index in [-0.39, 0.29) is 5.56 Å². The molecule has 0 bridgehead atoms. The second-order valence-electron chi connectivity index (χ2n) is 4.84. The predicted octanol–water partition coefficient (Wildman–Crippen LogP) is 1.85. The minimum absolute atomic E-state index is 0.231. The third kappa shape index (κ3) is 2.53. The van der Waals surface area contributed by atoms with Crippen LogP contribution in [0.1, 0.15) is 0 Å². The van der Waals surface area contributed by atoms with Gasteiger partial charge in [0, 0.05) is 17.3 Å². The van der Waals surface area contributed by atoms with E-state index < -0.39 is 0 Å². The van der Waals surface area contributed by atoms with Gasteiger partial charge in [-0.05, 0) is 18.2 Å². The number of anilines is 2. The highest BCUT2D eigenvalue weighted by atomic mass is 16.1. The summed E-state index contributed by atoms with van der Waals surface area (Å²) in [6.45, 7) is 0. The Balaban J connectivity index is 1.70. The van der Waals surface area contributed by atoms with Crippen molar-refractivity contribution in [3.63, 3.8) is 0 Å². The molecule has 0 saturated heterocycles. The Morgan fingerprint density at radius 3 is 2.87 bits per heavy atom. The standard InChI is InChI=1S/C15H11N7O/c23-12-5-4-11(21-22-12)9-2-1-3-10(6-9)20-15-13-14(17-7-16-13)18-8-19-15/h1-8H,(H,22,23)(H2,16,17,18,19,20). The van der Waals surface area contributed by atoms with Crippen molar-refractivity contribution in [2.45, 2.75) is 0 Å². The Labute approximate surface area is 129 Å². The summed E-state index contributed by atoms with van der Waals surface area (Å²) in [5, 5.41) is 9.69. The number of fused-ring (bicyclic) bond motifs is 1. The molecule has 3 N–H and O–H groups in total. The van der Waals surface area contributed by atoms with Crippen molar-refractivity contribution >= 4 is 22.7 Å². The molecule has 4 aromatic rings. The second kappa shape index (κ2) is 5.34. The fraction of sp³-hybridized carbons (Fsp3) is 0. The van der Waals surface area contributed by atoms with Crippen LogP contribution in [0.4, 0.5) is 11.5 Å². The average Bonchev–Trinajstić information content (AvgIpc) is 3.06. The first kappa shape index (κ1) is 13.1. The number of nitrogens with zero attached hydrogens (tertiary/aromatic N) is 4. The molecule has 0 aliphatic heterocycles. The molecule has 1 aromatic carbocycles. The summed E-state index contributed by atoms with van der Waals surface area (Å²) in [7, 11) is 0. The molecule has 0 radical (unpaired) electrons. The van der Waals surface area contributed by atoms with Gasteiger partial charge in [0.25, 0.3) is 5.56 Å². The third-order valence-corrected chi connectivity index (χ3v) is 3.32. The number of H-pyrrole nitrogens is 2. The first-order valence-electron chi connectivity index (χ1n) is 6.87. The van der Waals surface area contributed by atoms with Crippen molar-refractivity contribution in [3.05, 3.63) is 59.4 Å². The minimum Gasteiger partial charge on any atom is -0.340 e. The zero-order valence-electron chi connectivity index (χ0n) is 11.8. The van der Waals surface area contributed by atoms with Gasteiger partial charge >= 0.3 is 0 Å². The second-order valence-corrected chi connectivity index (χ2v) is 4.84. The lowest BCUT2D eigenvalue weighted by Gasteiger charge is -2.07. The number of hydrogen-bond donors (Lipinski definition) is 3. The molecule has 8 nitrogen and oxygen atoms in total. The highest BCUT2D eigenvalue weighted by Gasteiger charge is 2.07. The van der Waals surface area contributed by atoms with Crippen LogP contribution in [0.3, 0.4) is 0 Å². The molecule has 3 heterocycles. The van der Waals surface area contributed by atoms with E-state index >= 15 is 0 Å². The number of benzene rings is 1. The van der Waals surface area contributed by atoms with Crippen molar-refractivity contribution in [2.75, 3.05) is 5.32 Å². The maximum Gasteiger partial charge on any atom is 0.264 e. The van der Waals surface area contributed by atoms with Crippen LogP contribution in [0.15, 0.2) is 53.8 Å². The molecule has 112 valence electrons. The SMILES string of the molecule is O=c1ccc(-c2cccc(Nc3ncnc4nc[nH]c34)c2)n[nH]1. The summed E-state index contributed by atoms with van der Waals surface area (Å²) in [6, 6.07) is 10.8. The van der Waals surface area contributed by atoms with Crippen LogP contribution in [-0.4, -0.2) is 30.1 Å². The fourth-order valence-electron chi connectivity index (χ4n) is 2.26. The Morgan fingerprint density at radius 1 is 1.04 bits per heavy atom. The first-order valence-corrected chi connectivity index (χ1v) is 6.87. The molecule has 8 heteroatoms. The number of aromatic amines is 2. The van der Waals surface area contributed by atoms with Crippen LogP contribution >= 0.6 is 0 Å². The van der Waals surface area contributed by atoms with Crippen molar-refractivity contribution < 1.29 is 0 Å². The van der Waals surface area contributed by atoms with E-state index in [0.29, 0.717) is 17.2 Å². The first-order chi connectivity index (χ1) is 11.3. The van der Waals surface area contributed by atoms with Gasteiger partial charge in [0.15, 0.2) is 11.5 Å². The summed E-state index contributed by atoms with van der Waals surface area (Å²) in [5.41, 5.74) is 3.50. The largest absolute Gasteiger partial charge is 0.340 e. The summed E-state index contributed by atoms with van der Waals surface area (Å²) >= 11 is 0. The van der Waals surface area contributed by atoms with E-state index in [0.717, 1.165) is 16.8 Å².